The molecular weight excluding hydrogens is 2010 g/mol. The van der Waals surface area contributed by atoms with Gasteiger partial charge in [-0.1, -0.05) is 318 Å². The van der Waals surface area contributed by atoms with Crippen molar-refractivity contribution in [3.05, 3.63) is 300 Å². The molecule has 6 aromatic rings. The Labute approximate surface area is 843 Å². The SMILES string of the molecule is C=CCCC1CCC(C2(C3c4ccccc4-c4ccccc43)CCCCC2)C1.CC(C)(C)OCCCCCCC1CCC(C(C)(C)C2CCC3C=CC=CC32)C1.CC(C)(C1c2ccccc2-c2ccccc21)C1CCC2C=CC=CC21.[CH3-].[CH3-].[CH3-].[CH3-].[CH3-].[CH3-].[CH3-].[CH3-].[Cl][Zr+2][Cl].[Cl][Zr+2][Cl].[Cl][Zr+2][Cl].[Cl][Zr+2][Cl].c1ccc2c(c1)-c1ccccc1C2C1(C2CCCC2)CCCCC1. The fourth-order valence-corrected chi connectivity index (χ4v) is 26.0. The summed E-state index contributed by atoms with van der Waals surface area (Å²) in [6.45, 7) is 21.6. The van der Waals surface area contributed by atoms with Gasteiger partial charge < -0.3 is 64.2 Å². The molecule has 12 aliphatic carbocycles. The van der Waals surface area contributed by atoms with E-state index in [1.165, 1.54) is 244 Å². The summed E-state index contributed by atoms with van der Waals surface area (Å²) in [4.78, 5) is 0. The van der Waals surface area contributed by atoms with Crippen molar-refractivity contribution in [1.82, 2.24) is 0 Å². The molecule has 0 aliphatic heterocycles. The van der Waals surface area contributed by atoms with Crippen molar-refractivity contribution in [3.63, 3.8) is 0 Å². The van der Waals surface area contributed by atoms with Gasteiger partial charge in [-0.15, -0.1) is 6.58 Å². The first-order chi connectivity index (χ1) is 56.8. The predicted molar refractivity (Wildman–Crippen MR) is 546 cm³/mol. The van der Waals surface area contributed by atoms with Crippen molar-refractivity contribution in [3.8, 4) is 33.4 Å². The van der Waals surface area contributed by atoms with Crippen LogP contribution in [-0.4, -0.2) is 12.2 Å². The van der Waals surface area contributed by atoms with Crippen molar-refractivity contribution in [2.75, 3.05) is 6.61 Å². The monoisotopic (exact) mass is 2160 g/mol. The second-order valence-corrected chi connectivity index (χ2v) is 53.4. The van der Waals surface area contributed by atoms with Crippen LogP contribution in [0, 0.1) is 146 Å². The van der Waals surface area contributed by atoms with E-state index < -0.39 is 83.4 Å². The summed E-state index contributed by atoms with van der Waals surface area (Å²) < 4.78 is 5.84. The molecule has 125 heavy (non-hydrogen) atoms. The van der Waals surface area contributed by atoms with Gasteiger partial charge >= 0.3 is 151 Å². The molecule has 10 unspecified atom stereocenters. The zero-order valence-electron chi connectivity index (χ0n) is 79.4. The molecule has 7 fully saturated rings. The standard InChI is InChI=1S/C28H34.C27H46O.C25H26.C24H28.8CH3.8ClH.4Zr/c1-2-3-11-21-16-17-22(20-21)28(18-9-4-10-19-28)27-25-14-7-5-12-23(25)24-13-6-8-15-26(24)27;1-26(2,3)28-19-11-7-6-8-12-21-15-17-23(20-21)27(4,5)25-18-16-22-13-9-10-14-24(22)25;1-25(2,23-16-15-17-9-3-4-10-18(17)23)24-21-13-7-5-11-19(21)20-12-6-8-14-22(20)24;1-8-16-24(17-9-1,18-10-2-3-11-18)23-21-14-6-4-12-19(21)20-13-5-7-15-22(20)23;;;;;;;;;;;;;;;;;;;;/h2,5-8,12-15,21-22,27H,1,3-4,9-11,16-20H2;9-10,13-14,21-25H,6-8,11-12,15-20H2,1-5H3;3-14,17-18,23-24H,15-16H2,1-2H3;4-7,12-15,18,23H,1-3,8-11,16-17H2;8*1H3;8*1H;;;;/q;;;;8*-1;;;;;;;;;4*+4/p-8. The van der Waals surface area contributed by atoms with Crippen molar-refractivity contribution in [1.29, 1.82) is 0 Å². The van der Waals surface area contributed by atoms with E-state index in [2.05, 4.69) is 255 Å². The Morgan fingerprint density at radius 3 is 1.10 bits per heavy atom. The first kappa shape index (κ1) is 119. The first-order valence-electron chi connectivity index (χ1n) is 45.2. The first-order valence-corrected chi connectivity index (χ1v) is 70.5. The molecule has 12 aliphatic rings. The normalized spacial score (nSPS) is 23.4. The van der Waals surface area contributed by atoms with Gasteiger partial charge in [0.1, 0.15) is 0 Å². The smallest absolute Gasteiger partial charge is 0.0161 e. The maximum Gasteiger partial charge on any atom is 0.0161 e. The molecule has 0 radical (unpaired) electrons. The van der Waals surface area contributed by atoms with E-state index in [4.69, 9.17) is 72.8 Å². The van der Waals surface area contributed by atoms with E-state index in [0.717, 1.165) is 65.8 Å². The molecule has 0 aromatic heterocycles. The van der Waals surface area contributed by atoms with E-state index in [1.807, 2.05) is 0 Å². The molecule has 6 aromatic carbocycles. The third-order valence-electron chi connectivity index (χ3n) is 31.0. The Kier molecular flexibility index (Phi) is 56.2. The van der Waals surface area contributed by atoms with E-state index >= 15 is 0 Å². The Balaban J connectivity index is 0.000000404. The van der Waals surface area contributed by atoms with Crippen molar-refractivity contribution >= 4 is 68.1 Å². The quantitative estimate of drug-likeness (QED) is 0.0473. The topological polar surface area (TPSA) is 9.23 Å². The molecular formula is C112H158Cl8OZr4. The molecule has 0 heterocycles. The molecule has 0 amide bonds. The van der Waals surface area contributed by atoms with E-state index in [-0.39, 0.29) is 70.4 Å². The number of halogens is 8. The number of benzene rings is 6. The van der Waals surface area contributed by atoms with E-state index in [9.17, 15) is 0 Å². The average molecular weight is 2170 g/mol. The third kappa shape index (κ3) is 29.4. The molecule has 0 bridgehead atoms. The van der Waals surface area contributed by atoms with Crippen LogP contribution in [0.15, 0.2) is 207 Å². The molecule has 7 saturated carbocycles. The zero-order valence-corrected chi connectivity index (χ0v) is 95.3. The molecule has 1 nitrogen and oxygen atoms in total. The summed E-state index contributed by atoms with van der Waals surface area (Å²) >= 11 is -3.30. The van der Waals surface area contributed by atoms with Gasteiger partial charge in [0.05, 0.1) is 5.60 Å². The number of allylic oxidation sites excluding steroid dienone is 9. The Morgan fingerprint density at radius 1 is 0.360 bits per heavy atom. The number of fused-ring (bicyclic) bond motifs is 11. The minimum atomic E-state index is -0.826. The maximum absolute atomic E-state index is 5.84. The van der Waals surface area contributed by atoms with Crippen molar-refractivity contribution < 1.29 is 88.1 Å². The van der Waals surface area contributed by atoms with Crippen molar-refractivity contribution in [2.24, 2.45) is 86.8 Å². The van der Waals surface area contributed by atoms with Crippen LogP contribution in [0.2, 0.25) is 0 Å². The summed E-state index contributed by atoms with van der Waals surface area (Å²) in [5.41, 5.74) is 20.3. The average Bonchev–Trinajstić information content (AvgIpc) is 1.58. The summed E-state index contributed by atoms with van der Waals surface area (Å²) in [6, 6.07) is 55.4. The minimum Gasteiger partial charge on any atom is -0.0619 e. The second kappa shape index (κ2) is 59.1. The summed E-state index contributed by atoms with van der Waals surface area (Å²) in [5.74, 6) is 11.2. The Hall–Kier alpha value is -0.168. The van der Waals surface area contributed by atoms with Gasteiger partial charge in [-0.3, -0.25) is 0 Å². The summed E-state index contributed by atoms with van der Waals surface area (Å²) in [7, 11) is 39.5. The molecule has 684 valence electrons. The fraction of sp³-hybridized carbons (Fsp3) is 0.518. The van der Waals surface area contributed by atoms with Crippen LogP contribution in [0.3, 0.4) is 0 Å². The van der Waals surface area contributed by atoms with Gasteiger partial charge in [0, 0.05) is 24.4 Å². The molecule has 10 atom stereocenters. The van der Waals surface area contributed by atoms with E-state index in [1.54, 1.807) is 22.3 Å². The number of ether oxygens (including phenoxy) is 1. The Bertz CT molecular complexity index is 4000. The maximum atomic E-state index is 5.84. The number of unbranched alkanes of at least 4 members (excludes halogenated alkanes) is 3. The number of hydrogen-bond acceptors (Lipinski definition) is 1. The fourth-order valence-electron chi connectivity index (χ4n) is 26.0. The number of rotatable bonds is 18. The van der Waals surface area contributed by atoms with E-state index in [0.29, 0.717) is 39.9 Å². The van der Waals surface area contributed by atoms with Crippen LogP contribution in [0.5, 0.6) is 0 Å². The summed E-state index contributed by atoms with van der Waals surface area (Å²) in [5, 5.41) is 0. The molecule has 18 rings (SSSR count). The summed E-state index contributed by atoms with van der Waals surface area (Å²) in [6.07, 6.45) is 65.1. The van der Waals surface area contributed by atoms with Crippen LogP contribution in [0.25, 0.3) is 33.4 Å². The zero-order chi connectivity index (χ0) is 83.0. The van der Waals surface area contributed by atoms with Crippen LogP contribution in [0.4, 0.5) is 0 Å². The van der Waals surface area contributed by atoms with Gasteiger partial charge in [0.2, 0.25) is 0 Å². The van der Waals surface area contributed by atoms with Crippen LogP contribution in [0.1, 0.15) is 299 Å². The molecule has 13 heteroatoms. The Morgan fingerprint density at radius 2 is 0.704 bits per heavy atom. The number of hydrogen-bond donors (Lipinski definition) is 0. The van der Waals surface area contributed by atoms with Crippen LogP contribution in [-0.2, 0) is 88.1 Å². The van der Waals surface area contributed by atoms with Gasteiger partial charge in [0.25, 0.3) is 0 Å². The minimum absolute atomic E-state index is 0. The second-order valence-electron chi connectivity index (χ2n) is 38.5. The molecule has 0 saturated heterocycles. The molecule has 0 N–H and O–H groups in total. The van der Waals surface area contributed by atoms with Crippen molar-refractivity contribution in [2.45, 2.75) is 271 Å². The van der Waals surface area contributed by atoms with Gasteiger partial charge in [-0.25, -0.2) is 0 Å². The van der Waals surface area contributed by atoms with Crippen LogP contribution >= 0.6 is 68.1 Å². The van der Waals surface area contributed by atoms with Gasteiger partial charge in [0.15, 0.2) is 0 Å². The van der Waals surface area contributed by atoms with Gasteiger partial charge in [-0.05, 0) is 283 Å². The van der Waals surface area contributed by atoms with Crippen LogP contribution < -0.4 is 0 Å². The third-order valence-corrected chi connectivity index (χ3v) is 31.0. The molecule has 0 spiro atoms. The predicted octanol–water partition coefficient (Wildman–Crippen LogP) is 38.7. The largest absolute Gasteiger partial charge is 0.0619 e. The van der Waals surface area contributed by atoms with Gasteiger partial charge in [-0.2, -0.15) is 0 Å².